The second-order valence-electron chi connectivity index (χ2n) is 6.13. The minimum absolute atomic E-state index is 0.555. The van der Waals surface area contributed by atoms with Gasteiger partial charge in [-0.2, -0.15) is 5.10 Å². The topological polar surface area (TPSA) is 67.3 Å². The van der Waals surface area contributed by atoms with E-state index in [0.717, 1.165) is 39.4 Å². The van der Waals surface area contributed by atoms with Gasteiger partial charge in [0.2, 0.25) is 0 Å². The summed E-state index contributed by atoms with van der Waals surface area (Å²) in [5, 5.41) is 8.62. The molecule has 116 valence electrons. The van der Waals surface area contributed by atoms with Crippen molar-refractivity contribution in [2.24, 2.45) is 0 Å². The Hall–Kier alpha value is -3.08. The Labute approximate surface area is 138 Å². The molecular formula is C19H15N5. The molecule has 0 atom stereocenters. The zero-order valence-electron chi connectivity index (χ0n) is 13.0. The number of aromatic amines is 1. The van der Waals surface area contributed by atoms with E-state index in [1.807, 2.05) is 30.3 Å². The van der Waals surface area contributed by atoms with Crippen molar-refractivity contribution in [3.8, 4) is 22.6 Å². The van der Waals surface area contributed by atoms with Gasteiger partial charge >= 0.3 is 0 Å². The lowest BCUT2D eigenvalue weighted by molar-refractivity contribution is 0.935. The van der Waals surface area contributed by atoms with Crippen molar-refractivity contribution >= 4 is 10.9 Å². The fourth-order valence-electron chi connectivity index (χ4n) is 2.97. The predicted molar refractivity (Wildman–Crippen MR) is 92.3 cm³/mol. The van der Waals surface area contributed by atoms with E-state index in [2.05, 4.69) is 27.3 Å². The number of fused-ring (bicyclic) bond motifs is 1. The van der Waals surface area contributed by atoms with Crippen molar-refractivity contribution in [1.29, 1.82) is 0 Å². The number of hydrogen-bond donors (Lipinski definition) is 1. The van der Waals surface area contributed by atoms with E-state index in [1.54, 1.807) is 12.4 Å². The molecule has 0 bridgehead atoms. The zero-order chi connectivity index (χ0) is 15.9. The minimum Gasteiger partial charge on any atom is -0.265 e. The molecule has 24 heavy (non-hydrogen) atoms. The van der Waals surface area contributed by atoms with Gasteiger partial charge in [0, 0.05) is 34.8 Å². The summed E-state index contributed by atoms with van der Waals surface area (Å²) in [7, 11) is 0. The zero-order valence-corrected chi connectivity index (χ0v) is 13.0. The number of nitrogens with one attached hydrogen (secondary N) is 1. The highest BCUT2D eigenvalue weighted by Crippen LogP contribution is 2.39. The van der Waals surface area contributed by atoms with Gasteiger partial charge in [0.25, 0.3) is 0 Å². The van der Waals surface area contributed by atoms with Crippen LogP contribution in [0.3, 0.4) is 0 Å². The van der Waals surface area contributed by atoms with Crippen LogP contribution in [0.4, 0.5) is 0 Å². The van der Waals surface area contributed by atoms with E-state index in [1.165, 1.54) is 12.8 Å². The SMILES string of the molecule is c1ccc2c(-c3n[nH]c(C4CC4)n3)cc(-c3ccncc3)nc2c1. The van der Waals surface area contributed by atoms with Gasteiger partial charge in [0.15, 0.2) is 5.82 Å². The number of aromatic nitrogens is 5. The summed E-state index contributed by atoms with van der Waals surface area (Å²) >= 11 is 0. The minimum atomic E-state index is 0.555. The second kappa shape index (κ2) is 5.23. The van der Waals surface area contributed by atoms with Gasteiger partial charge in [-0.3, -0.25) is 10.1 Å². The summed E-state index contributed by atoms with van der Waals surface area (Å²) in [6.07, 6.45) is 5.97. The van der Waals surface area contributed by atoms with Gasteiger partial charge < -0.3 is 0 Å². The molecule has 3 aromatic heterocycles. The van der Waals surface area contributed by atoms with E-state index >= 15 is 0 Å². The molecule has 5 heteroatoms. The molecule has 0 amide bonds. The molecule has 1 aliphatic carbocycles. The number of rotatable bonds is 3. The lowest BCUT2D eigenvalue weighted by atomic mass is 10.0. The molecule has 1 N–H and O–H groups in total. The van der Waals surface area contributed by atoms with E-state index < -0.39 is 0 Å². The van der Waals surface area contributed by atoms with Gasteiger partial charge in [0.1, 0.15) is 5.82 Å². The van der Waals surface area contributed by atoms with Crippen LogP contribution in [0.2, 0.25) is 0 Å². The molecule has 0 radical (unpaired) electrons. The van der Waals surface area contributed by atoms with Crippen molar-refractivity contribution in [3.05, 3.63) is 60.7 Å². The highest BCUT2D eigenvalue weighted by Gasteiger charge is 2.27. The van der Waals surface area contributed by atoms with Crippen LogP contribution < -0.4 is 0 Å². The fraction of sp³-hybridized carbons (Fsp3) is 0.158. The maximum atomic E-state index is 4.79. The van der Waals surface area contributed by atoms with Crippen LogP contribution in [-0.4, -0.2) is 25.1 Å². The lowest BCUT2D eigenvalue weighted by Crippen LogP contribution is -1.91. The molecule has 0 spiro atoms. The molecular weight excluding hydrogens is 298 g/mol. The molecule has 4 aromatic rings. The Balaban J connectivity index is 1.73. The molecule has 1 aromatic carbocycles. The molecule has 1 aliphatic rings. The Morgan fingerprint density at radius 1 is 0.958 bits per heavy atom. The standard InChI is InChI=1S/C19H15N5/c1-2-4-16-14(3-1)15(19-22-18(23-24-19)13-5-6-13)11-17(21-16)12-7-9-20-10-8-12/h1-4,7-11,13H,5-6H2,(H,22,23,24). The number of benzene rings is 1. The Morgan fingerprint density at radius 3 is 2.62 bits per heavy atom. The van der Waals surface area contributed by atoms with Crippen molar-refractivity contribution in [3.63, 3.8) is 0 Å². The fourth-order valence-corrected chi connectivity index (χ4v) is 2.97. The van der Waals surface area contributed by atoms with Crippen LogP contribution in [0.15, 0.2) is 54.9 Å². The van der Waals surface area contributed by atoms with Crippen molar-refractivity contribution < 1.29 is 0 Å². The van der Waals surface area contributed by atoms with E-state index in [0.29, 0.717) is 5.92 Å². The third-order valence-corrected chi connectivity index (χ3v) is 4.40. The van der Waals surface area contributed by atoms with Crippen molar-refractivity contribution in [2.75, 3.05) is 0 Å². The summed E-state index contributed by atoms with van der Waals surface area (Å²) in [6.45, 7) is 0. The number of nitrogens with zero attached hydrogens (tertiary/aromatic N) is 4. The third-order valence-electron chi connectivity index (χ3n) is 4.40. The summed E-state index contributed by atoms with van der Waals surface area (Å²) in [5.41, 5.74) is 3.90. The molecule has 5 nitrogen and oxygen atoms in total. The summed E-state index contributed by atoms with van der Waals surface area (Å²) < 4.78 is 0. The van der Waals surface area contributed by atoms with Gasteiger partial charge in [0.05, 0.1) is 11.2 Å². The van der Waals surface area contributed by atoms with Crippen LogP contribution in [-0.2, 0) is 0 Å². The highest BCUT2D eigenvalue weighted by molar-refractivity contribution is 5.95. The van der Waals surface area contributed by atoms with Crippen LogP contribution >= 0.6 is 0 Å². The summed E-state index contributed by atoms with van der Waals surface area (Å²) in [5.74, 6) is 2.29. The molecule has 3 heterocycles. The van der Waals surface area contributed by atoms with Crippen LogP contribution in [0, 0.1) is 0 Å². The predicted octanol–water partition coefficient (Wildman–Crippen LogP) is 3.96. The van der Waals surface area contributed by atoms with Gasteiger partial charge in [-0.15, -0.1) is 0 Å². The highest BCUT2D eigenvalue weighted by atomic mass is 15.2. The normalized spacial score (nSPS) is 14.2. The molecule has 1 fully saturated rings. The first kappa shape index (κ1) is 13.4. The molecule has 0 saturated heterocycles. The first-order valence-electron chi connectivity index (χ1n) is 8.11. The van der Waals surface area contributed by atoms with Gasteiger partial charge in [-0.25, -0.2) is 9.97 Å². The van der Waals surface area contributed by atoms with Gasteiger partial charge in [-0.1, -0.05) is 18.2 Å². The van der Waals surface area contributed by atoms with Crippen molar-refractivity contribution in [2.45, 2.75) is 18.8 Å². The Morgan fingerprint density at radius 2 is 1.79 bits per heavy atom. The summed E-state index contributed by atoms with van der Waals surface area (Å²) in [6, 6.07) is 14.1. The molecule has 0 unspecified atom stereocenters. The first-order valence-corrected chi connectivity index (χ1v) is 8.11. The molecule has 0 aliphatic heterocycles. The maximum absolute atomic E-state index is 4.79. The average Bonchev–Trinajstić information content (AvgIpc) is 3.39. The lowest BCUT2D eigenvalue weighted by Gasteiger charge is -2.07. The maximum Gasteiger partial charge on any atom is 0.181 e. The monoisotopic (exact) mass is 313 g/mol. The van der Waals surface area contributed by atoms with Gasteiger partial charge in [-0.05, 0) is 37.1 Å². The number of pyridine rings is 2. The second-order valence-corrected chi connectivity index (χ2v) is 6.13. The number of hydrogen-bond acceptors (Lipinski definition) is 4. The number of H-pyrrole nitrogens is 1. The first-order chi connectivity index (χ1) is 11.9. The Bertz CT molecular complexity index is 1020. The average molecular weight is 313 g/mol. The van der Waals surface area contributed by atoms with Crippen LogP contribution in [0.1, 0.15) is 24.6 Å². The van der Waals surface area contributed by atoms with Crippen LogP contribution in [0.25, 0.3) is 33.5 Å². The largest absolute Gasteiger partial charge is 0.265 e. The third kappa shape index (κ3) is 2.25. The van der Waals surface area contributed by atoms with E-state index in [9.17, 15) is 0 Å². The van der Waals surface area contributed by atoms with E-state index in [-0.39, 0.29) is 0 Å². The smallest absolute Gasteiger partial charge is 0.181 e. The van der Waals surface area contributed by atoms with Crippen LogP contribution in [0.5, 0.6) is 0 Å². The van der Waals surface area contributed by atoms with Crippen molar-refractivity contribution in [1.82, 2.24) is 25.1 Å². The molecule has 1 saturated carbocycles. The summed E-state index contributed by atoms with van der Waals surface area (Å²) in [4.78, 5) is 13.6. The van der Waals surface area contributed by atoms with E-state index in [4.69, 9.17) is 9.97 Å². The quantitative estimate of drug-likeness (QED) is 0.621. The Kier molecular flexibility index (Phi) is 2.91. The molecule has 5 rings (SSSR count). The number of para-hydroxylation sites is 1.